The Hall–Kier alpha value is -0.890. The fourth-order valence-electron chi connectivity index (χ4n) is 1.04. The number of nitrogens with one attached hydrogen (secondary N) is 2. The minimum atomic E-state index is -3.47. The van der Waals surface area contributed by atoms with E-state index in [0.717, 1.165) is 0 Å². The molecule has 0 aliphatic rings. The predicted molar refractivity (Wildman–Crippen MR) is 67.2 cm³/mol. The van der Waals surface area contributed by atoms with Crippen LogP contribution in [0.3, 0.4) is 0 Å². The first-order valence-corrected chi connectivity index (χ1v) is 6.23. The topological polar surface area (TPSA) is 80.3 Å². The van der Waals surface area contributed by atoms with Crippen molar-refractivity contribution < 1.29 is 13.2 Å². The Balaban J connectivity index is 0.00000256. The molecule has 8 heteroatoms. The third-order valence-electron chi connectivity index (χ3n) is 1.90. The molecule has 0 aliphatic carbocycles. The first-order chi connectivity index (χ1) is 7.60. The quantitative estimate of drug-likeness (QED) is 0.718. The van der Waals surface area contributed by atoms with Gasteiger partial charge in [-0.3, -0.25) is 0 Å². The van der Waals surface area contributed by atoms with Crippen molar-refractivity contribution >= 4 is 22.4 Å². The first-order valence-electron chi connectivity index (χ1n) is 4.74. The van der Waals surface area contributed by atoms with E-state index in [-0.39, 0.29) is 17.3 Å². The lowest BCUT2D eigenvalue weighted by atomic mass is 10.5. The molecule has 0 saturated carbocycles. The maximum atomic E-state index is 11.7. The zero-order valence-corrected chi connectivity index (χ0v) is 11.3. The van der Waals surface area contributed by atoms with Crippen LogP contribution >= 0.6 is 12.4 Å². The van der Waals surface area contributed by atoms with Crippen molar-refractivity contribution in [2.45, 2.75) is 4.90 Å². The van der Waals surface area contributed by atoms with E-state index in [2.05, 4.69) is 15.0 Å². The van der Waals surface area contributed by atoms with Crippen molar-refractivity contribution in [1.82, 2.24) is 15.0 Å². The van der Waals surface area contributed by atoms with E-state index in [4.69, 9.17) is 4.74 Å². The van der Waals surface area contributed by atoms with Crippen molar-refractivity contribution in [2.24, 2.45) is 0 Å². The van der Waals surface area contributed by atoms with E-state index >= 15 is 0 Å². The maximum absolute atomic E-state index is 11.7. The van der Waals surface area contributed by atoms with Crippen LogP contribution in [0.5, 0.6) is 5.88 Å². The summed E-state index contributed by atoms with van der Waals surface area (Å²) < 4.78 is 30.7. The number of aromatic nitrogens is 1. The van der Waals surface area contributed by atoms with Crippen molar-refractivity contribution in [2.75, 3.05) is 27.2 Å². The van der Waals surface area contributed by atoms with Gasteiger partial charge in [-0.25, -0.2) is 18.1 Å². The summed E-state index contributed by atoms with van der Waals surface area (Å²) in [5.74, 6) is 0.383. The molecular formula is C9H16ClN3O3S. The lowest BCUT2D eigenvalue weighted by Crippen LogP contribution is -2.30. The van der Waals surface area contributed by atoms with Gasteiger partial charge in [-0.15, -0.1) is 12.4 Å². The van der Waals surface area contributed by atoms with Gasteiger partial charge in [0.15, 0.2) is 0 Å². The second-order valence-electron chi connectivity index (χ2n) is 3.04. The molecule has 0 unspecified atom stereocenters. The van der Waals surface area contributed by atoms with Crippen LogP contribution in [0.1, 0.15) is 0 Å². The Morgan fingerprint density at radius 3 is 2.53 bits per heavy atom. The van der Waals surface area contributed by atoms with Gasteiger partial charge in [0.2, 0.25) is 15.9 Å². The van der Waals surface area contributed by atoms with Crippen LogP contribution in [0.2, 0.25) is 0 Å². The molecule has 0 aliphatic heterocycles. The van der Waals surface area contributed by atoms with Crippen LogP contribution in [0.4, 0.5) is 0 Å². The van der Waals surface area contributed by atoms with E-state index in [1.165, 1.54) is 25.4 Å². The number of pyridine rings is 1. The third-order valence-corrected chi connectivity index (χ3v) is 3.34. The number of nitrogens with zero attached hydrogens (tertiary/aromatic N) is 1. The summed E-state index contributed by atoms with van der Waals surface area (Å²) in [6, 6.07) is 2.96. The van der Waals surface area contributed by atoms with Gasteiger partial charge < -0.3 is 10.1 Å². The molecule has 0 aromatic carbocycles. The van der Waals surface area contributed by atoms with Crippen LogP contribution in [0.25, 0.3) is 0 Å². The Kier molecular flexibility index (Phi) is 7.05. The largest absolute Gasteiger partial charge is 0.481 e. The van der Waals surface area contributed by atoms with E-state index in [0.29, 0.717) is 19.0 Å². The molecule has 1 aromatic heterocycles. The molecule has 6 nitrogen and oxygen atoms in total. The highest BCUT2D eigenvalue weighted by Crippen LogP contribution is 2.11. The molecule has 98 valence electrons. The lowest BCUT2D eigenvalue weighted by Gasteiger charge is -2.06. The monoisotopic (exact) mass is 281 g/mol. The number of sulfonamides is 1. The van der Waals surface area contributed by atoms with E-state index in [9.17, 15) is 8.42 Å². The summed E-state index contributed by atoms with van der Waals surface area (Å²) in [6.45, 7) is 0.910. The molecule has 0 saturated heterocycles. The molecular weight excluding hydrogens is 266 g/mol. The fourth-order valence-corrected chi connectivity index (χ4v) is 2.02. The highest BCUT2D eigenvalue weighted by molar-refractivity contribution is 7.89. The van der Waals surface area contributed by atoms with Crippen molar-refractivity contribution in [1.29, 1.82) is 0 Å². The van der Waals surface area contributed by atoms with E-state index < -0.39 is 10.0 Å². The van der Waals surface area contributed by atoms with Crippen LogP contribution in [0, 0.1) is 0 Å². The third kappa shape index (κ3) is 4.86. The van der Waals surface area contributed by atoms with Crippen LogP contribution < -0.4 is 14.8 Å². The first kappa shape index (κ1) is 16.1. The minimum Gasteiger partial charge on any atom is -0.481 e. The van der Waals surface area contributed by atoms with Crippen molar-refractivity contribution in [3.8, 4) is 5.88 Å². The summed E-state index contributed by atoms with van der Waals surface area (Å²) in [5, 5.41) is 2.85. The molecule has 1 rings (SSSR count). The van der Waals surface area contributed by atoms with Crippen molar-refractivity contribution in [3.63, 3.8) is 0 Å². The highest BCUT2D eigenvalue weighted by atomic mass is 35.5. The SMILES string of the molecule is CNCCNS(=O)(=O)c1ccc(OC)nc1.Cl. The second-order valence-corrected chi connectivity index (χ2v) is 4.80. The molecule has 0 bridgehead atoms. The Labute approximate surface area is 107 Å². The van der Waals surface area contributed by atoms with Gasteiger partial charge in [-0.05, 0) is 13.1 Å². The molecule has 2 N–H and O–H groups in total. The number of ether oxygens (including phenoxy) is 1. The number of hydrogen-bond donors (Lipinski definition) is 2. The van der Waals surface area contributed by atoms with Gasteiger partial charge in [0, 0.05) is 19.2 Å². The molecule has 0 atom stereocenters. The summed E-state index contributed by atoms with van der Waals surface area (Å²) >= 11 is 0. The summed E-state index contributed by atoms with van der Waals surface area (Å²) in [4.78, 5) is 3.96. The average Bonchev–Trinajstić information content (AvgIpc) is 2.29. The van der Waals surface area contributed by atoms with E-state index in [1.807, 2.05) is 0 Å². The average molecular weight is 282 g/mol. The molecule has 17 heavy (non-hydrogen) atoms. The minimum absolute atomic E-state index is 0. The molecule has 1 heterocycles. The van der Waals surface area contributed by atoms with Gasteiger partial charge in [0.25, 0.3) is 0 Å². The van der Waals surface area contributed by atoms with Gasteiger partial charge in [0.05, 0.1) is 13.3 Å². The van der Waals surface area contributed by atoms with E-state index in [1.54, 1.807) is 7.05 Å². The van der Waals surface area contributed by atoms with Gasteiger partial charge in [0.1, 0.15) is 4.90 Å². The Morgan fingerprint density at radius 2 is 2.06 bits per heavy atom. The highest BCUT2D eigenvalue weighted by Gasteiger charge is 2.13. The number of hydrogen-bond acceptors (Lipinski definition) is 5. The Morgan fingerprint density at radius 1 is 1.35 bits per heavy atom. The smallest absolute Gasteiger partial charge is 0.242 e. The standard InChI is InChI=1S/C9H15N3O3S.ClH/c1-10-5-6-12-16(13,14)8-3-4-9(15-2)11-7-8;/h3-4,7,10,12H,5-6H2,1-2H3;1H. The summed E-state index contributed by atoms with van der Waals surface area (Å²) in [6.07, 6.45) is 1.26. The zero-order chi connectivity index (χ0) is 12.0. The second kappa shape index (κ2) is 7.44. The van der Waals surface area contributed by atoms with Crippen molar-refractivity contribution in [3.05, 3.63) is 18.3 Å². The Bertz CT molecular complexity index is 422. The fraction of sp³-hybridized carbons (Fsp3) is 0.444. The lowest BCUT2D eigenvalue weighted by molar-refractivity contribution is 0.397. The molecule has 1 aromatic rings. The van der Waals surface area contributed by atoms with Gasteiger partial charge >= 0.3 is 0 Å². The zero-order valence-electron chi connectivity index (χ0n) is 9.63. The van der Waals surface area contributed by atoms with Gasteiger partial charge in [-0.2, -0.15) is 0 Å². The molecule has 0 amide bonds. The maximum Gasteiger partial charge on any atom is 0.242 e. The molecule has 0 spiro atoms. The van der Waals surface area contributed by atoms with Crippen LogP contribution in [-0.4, -0.2) is 40.6 Å². The summed E-state index contributed by atoms with van der Waals surface area (Å²) in [7, 11) is -0.238. The molecule has 0 fully saturated rings. The van der Waals surface area contributed by atoms with Crippen LogP contribution in [-0.2, 0) is 10.0 Å². The van der Waals surface area contributed by atoms with Crippen LogP contribution in [0.15, 0.2) is 23.2 Å². The molecule has 0 radical (unpaired) electrons. The van der Waals surface area contributed by atoms with Gasteiger partial charge in [-0.1, -0.05) is 0 Å². The number of rotatable bonds is 6. The number of methoxy groups -OCH3 is 1. The predicted octanol–water partition coefficient (Wildman–Crippen LogP) is 0.00970. The normalized spacial score (nSPS) is 10.7. The number of likely N-dealkylation sites (N-methyl/N-ethyl adjacent to an activating group) is 1. The number of halogens is 1. The summed E-state index contributed by atoms with van der Waals surface area (Å²) in [5.41, 5.74) is 0.